The lowest BCUT2D eigenvalue weighted by atomic mass is 9.88. The number of carbonyl (C=O) groups is 4. The molecular formula is C31H46N2O7S. The molecule has 228 valence electrons. The number of alkyl carbamates (subject to hydrolysis) is 1. The molecule has 2 aliphatic carbocycles. The summed E-state index contributed by atoms with van der Waals surface area (Å²) >= 11 is 1.11. The molecule has 1 heterocycles. The highest BCUT2D eigenvalue weighted by molar-refractivity contribution is 7.15. The van der Waals surface area contributed by atoms with Crippen molar-refractivity contribution < 1.29 is 33.8 Å². The molecule has 2 amide bonds. The van der Waals surface area contributed by atoms with Gasteiger partial charge >= 0.3 is 18.0 Å². The summed E-state index contributed by atoms with van der Waals surface area (Å²) in [4.78, 5) is 47.4. The maximum atomic E-state index is 12.3. The molecule has 9 nitrogen and oxygen atoms in total. The summed E-state index contributed by atoms with van der Waals surface area (Å²) in [6.45, 7) is 11.2. The normalized spacial score (nSPS) is 16.2. The molecule has 0 bridgehead atoms. The fourth-order valence-electron chi connectivity index (χ4n) is 4.42. The number of hydrogen-bond donors (Lipinski definition) is 3. The zero-order chi connectivity index (χ0) is 30.6. The molecule has 0 radical (unpaired) electrons. The second-order valence-electron chi connectivity index (χ2n) is 12.6. The fraction of sp³-hybridized carbons (Fsp3) is 0.677. The second-order valence-corrected chi connectivity index (χ2v) is 13.6. The minimum Gasteiger partial charge on any atom is -0.477 e. The van der Waals surface area contributed by atoms with Crippen LogP contribution in [-0.2, 0) is 19.1 Å². The van der Waals surface area contributed by atoms with Crippen molar-refractivity contribution in [2.24, 2.45) is 11.3 Å². The van der Waals surface area contributed by atoms with Crippen molar-refractivity contribution >= 4 is 41.0 Å². The van der Waals surface area contributed by atoms with Gasteiger partial charge in [-0.2, -0.15) is 0 Å². The van der Waals surface area contributed by atoms with Gasteiger partial charge in [-0.25, -0.2) is 9.59 Å². The predicted octanol–water partition coefficient (Wildman–Crippen LogP) is 6.75. The van der Waals surface area contributed by atoms with E-state index in [1.807, 2.05) is 20.8 Å². The van der Waals surface area contributed by atoms with Crippen LogP contribution in [0.4, 0.5) is 10.5 Å². The Balaban J connectivity index is 0.000000296. The number of ether oxygens (including phenoxy) is 2. The van der Waals surface area contributed by atoms with E-state index in [-0.39, 0.29) is 34.8 Å². The van der Waals surface area contributed by atoms with Gasteiger partial charge in [0, 0.05) is 11.3 Å². The van der Waals surface area contributed by atoms with Crippen LogP contribution >= 0.6 is 11.3 Å². The van der Waals surface area contributed by atoms with E-state index in [0.29, 0.717) is 10.6 Å². The van der Waals surface area contributed by atoms with Crippen LogP contribution in [0.3, 0.4) is 0 Å². The third kappa shape index (κ3) is 13.9. The van der Waals surface area contributed by atoms with Crippen molar-refractivity contribution in [3.8, 4) is 11.8 Å². The van der Waals surface area contributed by atoms with Gasteiger partial charge in [-0.1, -0.05) is 37.5 Å². The van der Waals surface area contributed by atoms with Gasteiger partial charge in [0.25, 0.3) is 0 Å². The van der Waals surface area contributed by atoms with Crippen LogP contribution < -0.4 is 10.6 Å². The Labute approximate surface area is 248 Å². The van der Waals surface area contributed by atoms with Gasteiger partial charge in [0.05, 0.1) is 10.6 Å². The molecule has 0 spiro atoms. The molecule has 0 unspecified atom stereocenters. The SMILES string of the molecule is CC(C)(C)C#Cc1cc(NC(=O)C2CCCCC2)c(C(=O)O)s1.CC(C)(C)OC(=O)NCC(=O)OC1CCCCC1. The molecule has 3 N–H and O–H groups in total. The van der Waals surface area contributed by atoms with Gasteiger partial charge in [0.1, 0.15) is 23.1 Å². The molecule has 0 atom stereocenters. The number of carbonyl (C=O) groups excluding carboxylic acids is 3. The Morgan fingerprint density at radius 3 is 2.07 bits per heavy atom. The standard InChI is InChI=1S/C18H23NO3S.C13H23NO4/c1-18(2,3)10-9-13-11-14(15(23-13)17(21)22)19-16(20)12-7-5-4-6-8-12;1-13(2,3)18-12(16)14-9-11(15)17-10-7-5-4-6-8-10/h11-12H,4-8H2,1-3H3,(H,19,20)(H,21,22);10H,4-9H2,1-3H3,(H,14,16). The van der Waals surface area contributed by atoms with Crippen molar-refractivity contribution in [2.45, 2.75) is 117 Å². The van der Waals surface area contributed by atoms with Crippen molar-refractivity contribution in [1.29, 1.82) is 0 Å². The first kappa shape index (κ1) is 34.1. The number of thiophene rings is 1. The van der Waals surface area contributed by atoms with Crippen molar-refractivity contribution in [1.82, 2.24) is 5.32 Å². The average molecular weight is 591 g/mol. The number of anilines is 1. The molecular weight excluding hydrogens is 544 g/mol. The Bertz CT molecular complexity index is 1110. The van der Waals surface area contributed by atoms with Crippen molar-refractivity contribution in [2.75, 3.05) is 11.9 Å². The molecule has 1 aromatic heterocycles. The van der Waals surface area contributed by atoms with Gasteiger partial charge < -0.3 is 25.2 Å². The lowest BCUT2D eigenvalue weighted by Gasteiger charge is -2.22. The molecule has 10 heteroatoms. The number of esters is 1. The van der Waals surface area contributed by atoms with Gasteiger partial charge in [0.15, 0.2) is 0 Å². The highest BCUT2D eigenvalue weighted by Gasteiger charge is 2.24. The summed E-state index contributed by atoms with van der Waals surface area (Å²) in [5, 5.41) is 14.5. The summed E-state index contributed by atoms with van der Waals surface area (Å²) < 4.78 is 10.3. The minimum absolute atomic E-state index is 0.00518. The average Bonchev–Trinajstić information content (AvgIpc) is 3.29. The maximum Gasteiger partial charge on any atom is 0.408 e. The van der Waals surface area contributed by atoms with Crippen LogP contribution in [0.2, 0.25) is 0 Å². The number of amides is 2. The topological polar surface area (TPSA) is 131 Å². The number of hydrogen-bond acceptors (Lipinski definition) is 7. The molecule has 2 saturated carbocycles. The van der Waals surface area contributed by atoms with Crippen LogP contribution in [0.15, 0.2) is 6.07 Å². The van der Waals surface area contributed by atoms with E-state index in [0.717, 1.165) is 62.7 Å². The fourth-order valence-corrected chi connectivity index (χ4v) is 5.23. The zero-order valence-corrected chi connectivity index (χ0v) is 26.1. The predicted molar refractivity (Wildman–Crippen MR) is 160 cm³/mol. The summed E-state index contributed by atoms with van der Waals surface area (Å²) in [7, 11) is 0. The van der Waals surface area contributed by atoms with E-state index < -0.39 is 23.6 Å². The number of carboxylic acid groups (broad SMARTS) is 1. The van der Waals surface area contributed by atoms with Crippen LogP contribution in [-0.4, -0.2) is 47.3 Å². The molecule has 2 fully saturated rings. The Morgan fingerprint density at radius 1 is 0.951 bits per heavy atom. The van der Waals surface area contributed by atoms with E-state index in [2.05, 4.69) is 22.5 Å². The summed E-state index contributed by atoms with van der Waals surface area (Å²) in [6.07, 6.45) is 9.79. The molecule has 0 aliphatic heterocycles. The van der Waals surface area contributed by atoms with E-state index >= 15 is 0 Å². The van der Waals surface area contributed by atoms with E-state index in [4.69, 9.17) is 9.47 Å². The van der Waals surface area contributed by atoms with Crippen LogP contribution in [0.5, 0.6) is 0 Å². The third-order valence-corrected chi connectivity index (χ3v) is 7.39. The first-order chi connectivity index (χ1) is 19.1. The molecule has 0 aromatic carbocycles. The molecule has 1 aromatic rings. The first-order valence-corrected chi connectivity index (χ1v) is 15.3. The number of rotatable bonds is 6. The largest absolute Gasteiger partial charge is 0.477 e. The molecule has 2 aliphatic rings. The van der Waals surface area contributed by atoms with Gasteiger partial charge in [0.2, 0.25) is 5.91 Å². The first-order valence-electron chi connectivity index (χ1n) is 14.5. The Hall–Kier alpha value is -3.06. The number of nitrogens with one attached hydrogen (secondary N) is 2. The van der Waals surface area contributed by atoms with E-state index in [1.54, 1.807) is 26.8 Å². The minimum atomic E-state index is -1.03. The van der Waals surface area contributed by atoms with E-state index in [9.17, 15) is 24.3 Å². The summed E-state index contributed by atoms with van der Waals surface area (Å²) in [6, 6.07) is 1.67. The zero-order valence-electron chi connectivity index (χ0n) is 25.3. The van der Waals surface area contributed by atoms with Crippen molar-refractivity contribution in [3.05, 3.63) is 15.8 Å². The summed E-state index contributed by atoms with van der Waals surface area (Å²) in [5.41, 5.74) is -0.341. The van der Waals surface area contributed by atoms with E-state index in [1.165, 1.54) is 12.8 Å². The van der Waals surface area contributed by atoms with Crippen LogP contribution in [0.25, 0.3) is 0 Å². The third-order valence-electron chi connectivity index (χ3n) is 6.35. The Kier molecular flexibility index (Phi) is 13.2. The molecule has 3 rings (SSSR count). The van der Waals surface area contributed by atoms with Crippen LogP contribution in [0, 0.1) is 23.2 Å². The quantitative estimate of drug-likeness (QED) is 0.247. The lowest BCUT2D eigenvalue weighted by Crippen LogP contribution is -2.37. The lowest BCUT2D eigenvalue weighted by molar-refractivity contribution is -0.149. The number of carboxylic acids is 1. The van der Waals surface area contributed by atoms with Gasteiger partial charge in [-0.05, 0) is 86.1 Å². The maximum absolute atomic E-state index is 12.3. The molecule has 41 heavy (non-hydrogen) atoms. The monoisotopic (exact) mass is 590 g/mol. The second kappa shape index (κ2) is 15.8. The van der Waals surface area contributed by atoms with Crippen LogP contribution in [0.1, 0.15) is 120 Å². The highest BCUT2D eigenvalue weighted by Crippen LogP contribution is 2.30. The van der Waals surface area contributed by atoms with Gasteiger partial charge in [-0.15, -0.1) is 11.3 Å². The molecule has 0 saturated heterocycles. The highest BCUT2D eigenvalue weighted by atomic mass is 32.1. The smallest absolute Gasteiger partial charge is 0.408 e. The summed E-state index contributed by atoms with van der Waals surface area (Å²) in [5.74, 6) is 4.60. The van der Waals surface area contributed by atoms with Gasteiger partial charge in [-0.3, -0.25) is 9.59 Å². The number of aromatic carboxylic acids is 1. The van der Waals surface area contributed by atoms with Crippen molar-refractivity contribution in [3.63, 3.8) is 0 Å². The Morgan fingerprint density at radius 2 is 1.54 bits per heavy atom.